The number of fused-ring (bicyclic) bond motifs is 2. The molecule has 2 N–H and O–H groups in total. The highest BCUT2D eigenvalue weighted by molar-refractivity contribution is 5.91. The summed E-state index contributed by atoms with van der Waals surface area (Å²) >= 11 is 0. The zero-order valence-corrected chi connectivity index (χ0v) is 22.1. The number of aromatic nitrogens is 3. The van der Waals surface area contributed by atoms with Crippen LogP contribution in [0.1, 0.15) is 36.1 Å². The summed E-state index contributed by atoms with van der Waals surface area (Å²) in [6.07, 6.45) is 3.82. The Morgan fingerprint density at radius 2 is 1.77 bits per heavy atom. The molecule has 0 aliphatic carbocycles. The second-order valence-corrected chi connectivity index (χ2v) is 10.6. The Morgan fingerprint density at radius 3 is 2.52 bits per heavy atom. The summed E-state index contributed by atoms with van der Waals surface area (Å²) in [5, 5.41) is 14.4. The van der Waals surface area contributed by atoms with Crippen molar-refractivity contribution in [2.45, 2.75) is 51.1 Å². The summed E-state index contributed by atoms with van der Waals surface area (Å²) in [6.45, 7) is 1.63. The first-order chi connectivity index (χ1) is 19.3. The number of amides is 3. The maximum Gasteiger partial charge on any atom is 0.242 e. The lowest BCUT2D eigenvalue weighted by atomic mass is 9.73. The van der Waals surface area contributed by atoms with Gasteiger partial charge < -0.3 is 15.5 Å². The van der Waals surface area contributed by atoms with Gasteiger partial charge in [0.2, 0.25) is 17.7 Å². The van der Waals surface area contributed by atoms with Crippen LogP contribution in [-0.2, 0) is 40.2 Å². The molecular weight excluding hydrogens is 518 g/mol. The molecule has 3 heterocycles. The predicted octanol–water partition coefficient (Wildman–Crippen LogP) is 2.20. The van der Waals surface area contributed by atoms with E-state index < -0.39 is 23.1 Å². The molecule has 2 aliphatic heterocycles. The molecular formula is C29H32F2N6O3. The predicted molar refractivity (Wildman–Crippen MR) is 142 cm³/mol. The maximum absolute atomic E-state index is 14.0. The van der Waals surface area contributed by atoms with Gasteiger partial charge in [-0.3, -0.25) is 19.1 Å². The fourth-order valence-corrected chi connectivity index (χ4v) is 5.43. The zero-order valence-electron chi connectivity index (χ0n) is 22.1. The van der Waals surface area contributed by atoms with Crippen LogP contribution < -0.4 is 10.6 Å². The summed E-state index contributed by atoms with van der Waals surface area (Å²) < 4.78 is 28.7. The van der Waals surface area contributed by atoms with Crippen LogP contribution in [0.2, 0.25) is 0 Å². The lowest BCUT2D eigenvalue weighted by Crippen LogP contribution is -2.56. The number of aryl methyl sites for hydroxylation is 1. The first-order valence-electron chi connectivity index (χ1n) is 13.5. The Morgan fingerprint density at radius 1 is 1.00 bits per heavy atom. The molecule has 1 aromatic heterocycles. The number of likely N-dealkylation sites (tertiary alicyclic amines) is 1. The van der Waals surface area contributed by atoms with Crippen molar-refractivity contribution in [3.63, 3.8) is 0 Å². The third-order valence-corrected chi connectivity index (χ3v) is 7.77. The van der Waals surface area contributed by atoms with Gasteiger partial charge in [0.05, 0.1) is 17.5 Å². The van der Waals surface area contributed by atoms with Crippen molar-refractivity contribution < 1.29 is 23.2 Å². The maximum atomic E-state index is 14.0. The Labute approximate surface area is 230 Å². The Kier molecular flexibility index (Phi) is 8.18. The summed E-state index contributed by atoms with van der Waals surface area (Å²) in [7, 11) is 0. The second-order valence-electron chi connectivity index (χ2n) is 10.6. The SMILES string of the molecule is O=C1NCCCn2cc(nn2)CC2(CCN(C(=O)Cc3ccc(F)c(F)c3)CC2)C(=O)N[C@H]1Cc1ccccc1. The molecule has 5 rings (SSSR count). The lowest BCUT2D eigenvalue weighted by molar-refractivity contribution is -0.141. The third-order valence-electron chi connectivity index (χ3n) is 7.77. The Balaban J connectivity index is 1.35. The van der Waals surface area contributed by atoms with Crippen molar-refractivity contribution in [1.29, 1.82) is 0 Å². The minimum absolute atomic E-state index is 0.0654. The molecule has 0 radical (unpaired) electrons. The van der Waals surface area contributed by atoms with Gasteiger partial charge in [-0.25, -0.2) is 8.78 Å². The number of hydrogen-bond acceptors (Lipinski definition) is 5. The average Bonchev–Trinajstić information content (AvgIpc) is 3.40. The van der Waals surface area contributed by atoms with Crippen molar-refractivity contribution in [3.05, 3.63) is 83.2 Å². The smallest absolute Gasteiger partial charge is 0.242 e. The van der Waals surface area contributed by atoms with E-state index in [1.807, 2.05) is 36.5 Å². The highest BCUT2D eigenvalue weighted by Gasteiger charge is 2.44. The van der Waals surface area contributed by atoms with Gasteiger partial charge in [0, 0.05) is 45.2 Å². The van der Waals surface area contributed by atoms with Crippen LogP contribution >= 0.6 is 0 Å². The molecule has 1 saturated heterocycles. The van der Waals surface area contributed by atoms with Gasteiger partial charge in [0.25, 0.3) is 0 Å². The highest BCUT2D eigenvalue weighted by Crippen LogP contribution is 2.36. The quantitative estimate of drug-likeness (QED) is 0.518. The number of halogens is 2. The molecule has 2 bridgehead atoms. The highest BCUT2D eigenvalue weighted by atomic mass is 19.2. The fraction of sp³-hybridized carbons (Fsp3) is 0.414. The molecule has 1 spiro atoms. The molecule has 2 aliphatic rings. The van der Waals surface area contributed by atoms with E-state index in [0.29, 0.717) is 69.5 Å². The van der Waals surface area contributed by atoms with Crippen LogP contribution in [-0.4, -0.2) is 63.3 Å². The molecule has 0 saturated carbocycles. The number of carbonyl (C=O) groups excluding carboxylic acids is 3. The van der Waals surface area contributed by atoms with Gasteiger partial charge in [-0.2, -0.15) is 0 Å². The summed E-state index contributed by atoms with van der Waals surface area (Å²) in [5.74, 6) is -2.69. The van der Waals surface area contributed by atoms with Gasteiger partial charge >= 0.3 is 0 Å². The van der Waals surface area contributed by atoms with E-state index in [1.54, 1.807) is 9.58 Å². The third kappa shape index (κ3) is 6.35. The molecule has 3 amide bonds. The minimum Gasteiger partial charge on any atom is -0.354 e. The van der Waals surface area contributed by atoms with Gasteiger partial charge in [-0.05, 0) is 42.5 Å². The van der Waals surface area contributed by atoms with E-state index >= 15 is 0 Å². The van der Waals surface area contributed by atoms with E-state index in [9.17, 15) is 23.2 Å². The van der Waals surface area contributed by atoms with Gasteiger partial charge in [-0.1, -0.05) is 41.6 Å². The number of piperidine rings is 1. The average molecular weight is 551 g/mol. The van der Waals surface area contributed by atoms with Crippen molar-refractivity contribution in [2.75, 3.05) is 19.6 Å². The number of hydrogen-bond donors (Lipinski definition) is 2. The van der Waals surface area contributed by atoms with Crippen LogP contribution in [0.5, 0.6) is 0 Å². The van der Waals surface area contributed by atoms with Crippen LogP contribution in [0.3, 0.4) is 0 Å². The van der Waals surface area contributed by atoms with Crippen LogP contribution in [0.4, 0.5) is 8.78 Å². The molecule has 1 atom stereocenters. The van der Waals surface area contributed by atoms with E-state index in [4.69, 9.17) is 0 Å². The molecule has 210 valence electrons. The lowest BCUT2D eigenvalue weighted by Gasteiger charge is -2.41. The number of benzene rings is 2. The summed E-state index contributed by atoms with van der Waals surface area (Å²) in [6, 6.07) is 12.2. The van der Waals surface area contributed by atoms with Crippen molar-refractivity contribution in [2.24, 2.45) is 5.41 Å². The normalized spacial score (nSPS) is 19.6. The monoisotopic (exact) mass is 550 g/mol. The van der Waals surface area contributed by atoms with Crippen LogP contribution in [0.15, 0.2) is 54.7 Å². The van der Waals surface area contributed by atoms with E-state index in [-0.39, 0.29) is 24.1 Å². The first-order valence-corrected chi connectivity index (χ1v) is 13.5. The molecule has 2 aromatic carbocycles. The topological polar surface area (TPSA) is 109 Å². The summed E-state index contributed by atoms with van der Waals surface area (Å²) in [5.41, 5.74) is 1.09. The minimum atomic E-state index is -0.995. The van der Waals surface area contributed by atoms with Crippen LogP contribution in [0, 0.1) is 17.0 Å². The second kappa shape index (κ2) is 11.9. The van der Waals surface area contributed by atoms with E-state index in [0.717, 1.165) is 17.7 Å². The summed E-state index contributed by atoms with van der Waals surface area (Å²) in [4.78, 5) is 41.8. The molecule has 11 heteroatoms. The van der Waals surface area contributed by atoms with Gasteiger partial charge in [0.1, 0.15) is 6.04 Å². The van der Waals surface area contributed by atoms with Crippen molar-refractivity contribution >= 4 is 17.7 Å². The standard InChI is InChI=1S/C29H32F2N6O3/c30-23-8-7-21(15-24(23)31)17-26(38)36-13-9-29(10-14-36)18-22-19-37(35-34-22)12-4-11-32-27(39)25(33-28(29)40)16-20-5-2-1-3-6-20/h1-3,5-8,15,19,25H,4,9-14,16-18H2,(H,32,39)(H,33,40)/t25-/m0/s1. The van der Waals surface area contributed by atoms with Crippen molar-refractivity contribution in [1.82, 2.24) is 30.5 Å². The molecule has 9 nitrogen and oxygen atoms in total. The largest absolute Gasteiger partial charge is 0.354 e. The zero-order chi connectivity index (χ0) is 28.1. The number of rotatable bonds is 4. The Bertz CT molecular complexity index is 1370. The molecule has 0 unspecified atom stereocenters. The number of carbonyl (C=O) groups is 3. The fourth-order valence-electron chi connectivity index (χ4n) is 5.43. The number of nitrogens with one attached hydrogen (secondary N) is 2. The molecule has 40 heavy (non-hydrogen) atoms. The number of nitrogens with zero attached hydrogens (tertiary/aromatic N) is 4. The Hall–Kier alpha value is -4.15. The van der Waals surface area contributed by atoms with E-state index in [1.165, 1.54) is 6.07 Å². The van der Waals surface area contributed by atoms with Gasteiger partial charge in [-0.15, -0.1) is 5.10 Å². The molecule has 1 fully saturated rings. The van der Waals surface area contributed by atoms with Crippen molar-refractivity contribution in [3.8, 4) is 0 Å². The first kappa shape index (κ1) is 27.4. The van der Waals surface area contributed by atoms with E-state index in [2.05, 4.69) is 20.9 Å². The molecule has 3 aromatic rings. The van der Waals surface area contributed by atoms with Gasteiger partial charge in [0.15, 0.2) is 11.6 Å². The van der Waals surface area contributed by atoms with Crippen LogP contribution in [0.25, 0.3) is 0 Å².